The Morgan fingerprint density at radius 2 is 1.71 bits per heavy atom. The molecule has 2 fully saturated rings. The number of aliphatic carboxylic acids is 1. The zero-order chi connectivity index (χ0) is 12.7. The molecule has 1 heterocycles. The molecular formula is C13H21NO3. The van der Waals surface area contributed by atoms with E-state index < -0.39 is 11.4 Å². The van der Waals surface area contributed by atoms with Gasteiger partial charge in [-0.3, -0.25) is 9.59 Å². The summed E-state index contributed by atoms with van der Waals surface area (Å²) in [5, 5.41) is 9.13. The van der Waals surface area contributed by atoms with Crippen LogP contribution in [-0.2, 0) is 9.59 Å². The van der Waals surface area contributed by atoms with Gasteiger partial charge in [0.25, 0.3) is 0 Å². The number of carboxylic acid groups (broad SMARTS) is 1. The molecule has 1 amide bonds. The number of nitrogens with zero attached hydrogens (tertiary/aromatic N) is 1. The summed E-state index contributed by atoms with van der Waals surface area (Å²) in [6, 6.07) is 0. The van der Waals surface area contributed by atoms with Crippen molar-refractivity contribution in [2.75, 3.05) is 13.1 Å². The van der Waals surface area contributed by atoms with E-state index >= 15 is 0 Å². The molecule has 0 spiro atoms. The van der Waals surface area contributed by atoms with Crippen molar-refractivity contribution in [1.82, 2.24) is 4.90 Å². The first kappa shape index (κ1) is 12.4. The normalized spacial score (nSPS) is 26.1. The van der Waals surface area contributed by atoms with Crippen molar-refractivity contribution >= 4 is 11.9 Å². The van der Waals surface area contributed by atoms with Crippen molar-refractivity contribution in [2.45, 2.75) is 46.0 Å². The third-order valence-electron chi connectivity index (χ3n) is 4.20. The van der Waals surface area contributed by atoms with Gasteiger partial charge in [0.15, 0.2) is 0 Å². The number of rotatable bonds is 2. The summed E-state index contributed by atoms with van der Waals surface area (Å²) in [6.07, 6.45) is 4.09. The topological polar surface area (TPSA) is 57.6 Å². The lowest BCUT2D eigenvalue weighted by molar-refractivity contribution is -0.153. The maximum absolute atomic E-state index is 12.2. The van der Waals surface area contributed by atoms with Crippen LogP contribution in [0.1, 0.15) is 46.0 Å². The summed E-state index contributed by atoms with van der Waals surface area (Å²) in [7, 11) is 0. The Morgan fingerprint density at radius 1 is 1.06 bits per heavy atom. The Balaban J connectivity index is 2.04. The minimum Gasteiger partial charge on any atom is -0.480 e. The van der Waals surface area contributed by atoms with E-state index in [-0.39, 0.29) is 11.3 Å². The Morgan fingerprint density at radius 3 is 2.24 bits per heavy atom. The van der Waals surface area contributed by atoms with Crippen LogP contribution in [0.15, 0.2) is 0 Å². The van der Waals surface area contributed by atoms with Crippen molar-refractivity contribution in [3.05, 3.63) is 0 Å². The molecule has 0 bridgehead atoms. The highest BCUT2D eigenvalue weighted by atomic mass is 16.4. The summed E-state index contributed by atoms with van der Waals surface area (Å²) in [6.45, 7) is 5.86. The largest absolute Gasteiger partial charge is 0.480 e. The number of likely N-dealkylation sites (tertiary alicyclic amines) is 1. The fourth-order valence-corrected chi connectivity index (χ4v) is 2.57. The fraction of sp³-hybridized carbons (Fsp3) is 0.846. The van der Waals surface area contributed by atoms with Gasteiger partial charge in [0.2, 0.25) is 5.91 Å². The van der Waals surface area contributed by atoms with Crippen LogP contribution < -0.4 is 0 Å². The van der Waals surface area contributed by atoms with Crippen molar-refractivity contribution < 1.29 is 14.7 Å². The number of hydrogen-bond donors (Lipinski definition) is 1. The molecule has 0 atom stereocenters. The molecule has 1 saturated heterocycles. The van der Waals surface area contributed by atoms with Gasteiger partial charge in [-0.15, -0.1) is 0 Å². The molecule has 1 saturated carbocycles. The van der Waals surface area contributed by atoms with Crippen molar-refractivity contribution in [2.24, 2.45) is 10.8 Å². The maximum Gasteiger partial charge on any atom is 0.319 e. The van der Waals surface area contributed by atoms with Crippen LogP contribution in [0.5, 0.6) is 0 Å². The number of carboxylic acids is 1. The average molecular weight is 239 g/mol. The summed E-state index contributed by atoms with van der Waals surface area (Å²) >= 11 is 0. The molecule has 2 aliphatic rings. The number of carbonyl (C=O) groups excluding carboxylic acids is 1. The summed E-state index contributed by atoms with van der Waals surface area (Å²) in [5.41, 5.74) is -0.788. The molecule has 96 valence electrons. The zero-order valence-corrected chi connectivity index (χ0v) is 10.7. The Hall–Kier alpha value is -1.06. The van der Waals surface area contributed by atoms with E-state index in [2.05, 4.69) is 13.8 Å². The highest BCUT2D eigenvalue weighted by molar-refractivity contribution is 6.04. The minimum atomic E-state index is -1.06. The predicted molar refractivity (Wildman–Crippen MR) is 63.5 cm³/mol. The van der Waals surface area contributed by atoms with Gasteiger partial charge in [-0.25, -0.2) is 0 Å². The van der Waals surface area contributed by atoms with Crippen molar-refractivity contribution in [3.63, 3.8) is 0 Å². The molecule has 2 rings (SSSR count). The molecule has 4 nitrogen and oxygen atoms in total. The van der Waals surface area contributed by atoms with Crippen LogP contribution >= 0.6 is 0 Å². The molecule has 0 radical (unpaired) electrons. The monoisotopic (exact) mass is 239 g/mol. The van der Waals surface area contributed by atoms with Gasteiger partial charge >= 0.3 is 5.97 Å². The van der Waals surface area contributed by atoms with Gasteiger partial charge in [-0.1, -0.05) is 13.8 Å². The zero-order valence-electron chi connectivity index (χ0n) is 10.7. The average Bonchev–Trinajstić information content (AvgIpc) is 3.02. The van der Waals surface area contributed by atoms with Gasteiger partial charge in [-0.2, -0.15) is 0 Å². The molecule has 1 N–H and O–H groups in total. The van der Waals surface area contributed by atoms with Crippen LogP contribution in [0, 0.1) is 10.8 Å². The molecule has 0 unspecified atom stereocenters. The van der Waals surface area contributed by atoms with Crippen LogP contribution in [-0.4, -0.2) is 35.0 Å². The van der Waals surface area contributed by atoms with Gasteiger partial charge in [0.1, 0.15) is 5.41 Å². The molecule has 1 aliphatic carbocycles. The van der Waals surface area contributed by atoms with E-state index in [1.165, 1.54) is 0 Å². The van der Waals surface area contributed by atoms with Crippen LogP contribution in [0.2, 0.25) is 0 Å². The second kappa shape index (κ2) is 4.00. The lowest BCUT2D eigenvalue weighted by Crippen LogP contribution is -2.41. The standard InChI is InChI=1S/C13H21NO3/c1-12(2)4-3-8-14(9-7-12)10(15)13(5-6-13)11(16)17/h3-9H2,1-2H3,(H,16,17). The van der Waals surface area contributed by atoms with E-state index in [0.29, 0.717) is 19.4 Å². The van der Waals surface area contributed by atoms with Crippen molar-refractivity contribution in [3.8, 4) is 0 Å². The van der Waals surface area contributed by atoms with E-state index in [0.717, 1.165) is 25.8 Å². The third kappa shape index (κ3) is 2.31. The van der Waals surface area contributed by atoms with Crippen LogP contribution in [0.25, 0.3) is 0 Å². The highest BCUT2D eigenvalue weighted by Crippen LogP contribution is 2.48. The molecule has 0 aromatic carbocycles. The van der Waals surface area contributed by atoms with Crippen molar-refractivity contribution in [1.29, 1.82) is 0 Å². The second-order valence-corrected chi connectivity index (χ2v) is 6.20. The second-order valence-electron chi connectivity index (χ2n) is 6.20. The van der Waals surface area contributed by atoms with E-state index in [1.54, 1.807) is 4.90 Å². The Labute approximate surface area is 102 Å². The molecular weight excluding hydrogens is 218 g/mol. The summed E-state index contributed by atoms with van der Waals surface area (Å²) < 4.78 is 0. The molecule has 0 aromatic rings. The first-order chi connectivity index (χ1) is 7.87. The third-order valence-corrected chi connectivity index (χ3v) is 4.20. The smallest absolute Gasteiger partial charge is 0.319 e. The number of hydrogen-bond acceptors (Lipinski definition) is 2. The Bertz CT molecular complexity index is 345. The maximum atomic E-state index is 12.2. The van der Waals surface area contributed by atoms with E-state index in [4.69, 9.17) is 5.11 Å². The molecule has 0 aromatic heterocycles. The fourth-order valence-electron chi connectivity index (χ4n) is 2.57. The van der Waals surface area contributed by atoms with Gasteiger partial charge in [0.05, 0.1) is 0 Å². The quantitative estimate of drug-likeness (QED) is 0.749. The molecule has 17 heavy (non-hydrogen) atoms. The molecule has 1 aliphatic heterocycles. The summed E-state index contributed by atoms with van der Waals surface area (Å²) in [5.74, 6) is -1.09. The SMILES string of the molecule is CC1(C)CCCN(C(=O)C2(C(=O)O)CC2)CC1. The minimum absolute atomic E-state index is 0.150. The number of carbonyl (C=O) groups is 2. The van der Waals surface area contributed by atoms with E-state index in [1.807, 2.05) is 0 Å². The van der Waals surface area contributed by atoms with Crippen LogP contribution in [0.4, 0.5) is 0 Å². The number of amides is 1. The van der Waals surface area contributed by atoms with Gasteiger partial charge < -0.3 is 10.0 Å². The summed E-state index contributed by atoms with van der Waals surface area (Å²) in [4.78, 5) is 25.1. The lowest BCUT2D eigenvalue weighted by atomic mass is 9.85. The Kier molecular flexibility index (Phi) is 2.92. The first-order valence-corrected chi connectivity index (χ1v) is 6.40. The first-order valence-electron chi connectivity index (χ1n) is 6.40. The highest BCUT2D eigenvalue weighted by Gasteiger charge is 2.58. The lowest BCUT2D eigenvalue weighted by Gasteiger charge is -2.25. The van der Waals surface area contributed by atoms with Gasteiger partial charge in [0, 0.05) is 13.1 Å². The van der Waals surface area contributed by atoms with Crippen LogP contribution in [0.3, 0.4) is 0 Å². The van der Waals surface area contributed by atoms with E-state index in [9.17, 15) is 9.59 Å². The predicted octanol–water partition coefficient (Wildman–Crippen LogP) is 1.89. The molecule has 4 heteroatoms. The van der Waals surface area contributed by atoms with Gasteiger partial charge in [-0.05, 0) is 37.5 Å².